The molecule has 5 heteroatoms. The summed E-state index contributed by atoms with van der Waals surface area (Å²) < 4.78 is 7.12. The molecule has 13 rings (SSSR count). The molecule has 13 aromatic rings. The highest BCUT2D eigenvalue weighted by atomic mass is 15.2. The largest absolute Gasteiger partial charge is 0.309 e. The van der Waals surface area contributed by atoms with Gasteiger partial charge in [-0.1, -0.05) is 171 Å². The molecule has 0 N–H and O–H groups in total. The van der Waals surface area contributed by atoms with Crippen LogP contribution in [0.15, 0.2) is 218 Å². The first kappa shape index (κ1) is 37.1. The van der Waals surface area contributed by atoms with Gasteiger partial charge in [0.05, 0.1) is 44.5 Å². The van der Waals surface area contributed by atoms with Crippen LogP contribution in [0.5, 0.6) is 0 Å². The van der Waals surface area contributed by atoms with Gasteiger partial charge in [0.25, 0.3) is 0 Å². The first-order chi connectivity index (χ1) is 32.2. The summed E-state index contributed by atoms with van der Waals surface area (Å²) in [4.78, 5) is 11.4. The van der Waals surface area contributed by atoms with Gasteiger partial charge in [-0.15, -0.1) is 0 Å². The zero-order valence-electron chi connectivity index (χ0n) is 35.7. The lowest BCUT2D eigenvalue weighted by molar-refractivity contribution is 0.965. The third-order valence-corrected chi connectivity index (χ3v) is 13.3. The van der Waals surface area contributed by atoms with E-state index in [1.54, 1.807) is 0 Å². The van der Waals surface area contributed by atoms with Crippen LogP contribution in [0.25, 0.3) is 116 Å². The van der Waals surface area contributed by atoms with E-state index in [2.05, 4.69) is 239 Å². The molecule has 0 unspecified atom stereocenters. The molecule has 0 bridgehead atoms. The Morgan fingerprint density at radius 3 is 1.46 bits per heavy atom. The molecule has 0 spiro atoms. The van der Waals surface area contributed by atoms with E-state index < -0.39 is 0 Å². The number of rotatable bonds is 7. The van der Waals surface area contributed by atoms with Crippen LogP contribution in [0.1, 0.15) is 12.5 Å². The highest BCUT2D eigenvalue weighted by Gasteiger charge is 2.26. The molecule has 0 atom stereocenters. The van der Waals surface area contributed by atoms with Crippen LogP contribution in [-0.4, -0.2) is 23.7 Å². The van der Waals surface area contributed by atoms with E-state index in [9.17, 15) is 0 Å². The second kappa shape index (κ2) is 14.8. The fourth-order valence-corrected chi connectivity index (χ4v) is 10.5. The highest BCUT2D eigenvalue weighted by molar-refractivity contribution is 6.29. The lowest BCUT2D eigenvalue weighted by atomic mass is 9.97. The predicted molar refractivity (Wildman–Crippen MR) is 271 cm³/mol. The van der Waals surface area contributed by atoms with E-state index >= 15 is 0 Å². The van der Waals surface area contributed by atoms with Gasteiger partial charge in [-0.25, -0.2) is 9.97 Å². The van der Waals surface area contributed by atoms with E-state index in [0.29, 0.717) is 5.95 Å². The van der Waals surface area contributed by atoms with Crippen LogP contribution in [0.3, 0.4) is 0 Å². The number of hydrogen-bond donors (Lipinski definition) is 0. The van der Waals surface area contributed by atoms with Gasteiger partial charge in [-0.05, 0) is 72.1 Å². The van der Waals surface area contributed by atoms with Crippen molar-refractivity contribution in [1.29, 1.82) is 0 Å². The molecule has 0 saturated heterocycles. The Morgan fingerprint density at radius 2 is 0.815 bits per heavy atom. The lowest BCUT2D eigenvalue weighted by Crippen LogP contribution is -2.08. The smallest absolute Gasteiger partial charge is 0.235 e. The molecule has 0 aliphatic rings. The van der Waals surface area contributed by atoms with Crippen LogP contribution >= 0.6 is 0 Å². The van der Waals surface area contributed by atoms with Crippen molar-refractivity contribution >= 4 is 65.4 Å². The van der Waals surface area contributed by atoms with Crippen molar-refractivity contribution in [3.63, 3.8) is 0 Å². The average molecular weight is 832 g/mol. The van der Waals surface area contributed by atoms with E-state index in [1.165, 1.54) is 43.6 Å². The molecule has 0 amide bonds. The number of benzene rings is 9. The monoisotopic (exact) mass is 831 g/mol. The maximum Gasteiger partial charge on any atom is 0.235 e. The van der Waals surface area contributed by atoms with Gasteiger partial charge in [0, 0.05) is 60.4 Å². The Labute approximate surface area is 375 Å². The summed E-state index contributed by atoms with van der Waals surface area (Å²) in [5.41, 5.74) is 16.5. The molecule has 5 nitrogen and oxygen atoms in total. The fraction of sp³-hybridized carbons (Fsp3) is 0.0333. The number of aromatic nitrogens is 5. The number of nitrogens with zero attached hydrogens (tertiary/aromatic N) is 5. The van der Waals surface area contributed by atoms with Crippen molar-refractivity contribution in [2.75, 3.05) is 0 Å². The van der Waals surface area contributed by atoms with Gasteiger partial charge < -0.3 is 9.13 Å². The minimum atomic E-state index is 0.640. The highest BCUT2D eigenvalue weighted by Crippen LogP contribution is 2.44. The number of hydrogen-bond acceptors (Lipinski definition) is 2. The quantitative estimate of drug-likeness (QED) is 0.160. The Kier molecular flexibility index (Phi) is 8.43. The van der Waals surface area contributed by atoms with Gasteiger partial charge in [-0.3, -0.25) is 4.57 Å². The molecular weight excluding hydrogens is 791 g/mol. The van der Waals surface area contributed by atoms with E-state index in [4.69, 9.17) is 9.97 Å². The molecular formula is C60H41N5. The SMILES string of the molecule is CCc1c(-c2ccccc2)nc(-n2c3ccccc3c3c4c5ccccc5n(-c5ccc(-c6ccccc6)cc5)c4ccc32)nc1-c1cccc2c3ccccc3n(-c3ccccc3)c12. The third kappa shape index (κ3) is 5.65. The molecule has 4 aromatic heterocycles. The first-order valence-corrected chi connectivity index (χ1v) is 22.4. The standard InChI is InChI=1S/C60H41N5/c1-2-44-57(41-21-8-4-9-22-41)61-60(62-58(44)49-29-18-28-46-45-25-12-15-30-50(45)64(59(46)49)42-23-10-5-11-24-42)65-52-32-17-14-27-48(52)56-54(65)38-37-53-55(56)47-26-13-16-31-51(47)63(53)43-35-33-40(34-36-43)39-19-6-3-7-20-39/h3-38H,2H2,1H3. The number of para-hydroxylation sites is 5. The summed E-state index contributed by atoms with van der Waals surface area (Å²) in [6.07, 6.45) is 0.751. The van der Waals surface area contributed by atoms with Crippen LogP contribution in [-0.2, 0) is 6.42 Å². The van der Waals surface area contributed by atoms with Gasteiger partial charge in [0.2, 0.25) is 5.95 Å². The summed E-state index contributed by atoms with van der Waals surface area (Å²) in [6.45, 7) is 2.23. The minimum Gasteiger partial charge on any atom is -0.309 e. The van der Waals surface area contributed by atoms with Crippen molar-refractivity contribution in [3.8, 4) is 51.0 Å². The molecule has 0 fully saturated rings. The van der Waals surface area contributed by atoms with Crippen LogP contribution < -0.4 is 0 Å². The zero-order chi connectivity index (χ0) is 43.0. The van der Waals surface area contributed by atoms with Crippen LogP contribution in [0.4, 0.5) is 0 Å². The molecule has 0 aliphatic heterocycles. The predicted octanol–water partition coefficient (Wildman–Crippen LogP) is 15.3. The Morgan fingerprint density at radius 1 is 0.338 bits per heavy atom. The summed E-state index contributed by atoms with van der Waals surface area (Å²) in [7, 11) is 0. The van der Waals surface area contributed by atoms with Crippen molar-refractivity contribution in [2.45, 2.75) is 13.3 Å². The first-order valence-electron chi connectivity index (χ1n) is 22.4. The zero-order valence-corrected chi connectivity index (χ0v) is 35.7. The summed E-state index contributed by atoms with van der Waals surface area (Å²) in [5.74, 6) is 0.640. The molecule has 4 heterocycles. The van der Waals surface area contributed by atoms with E-state index in [1.807, 2.05) is 0 Å². The molecule has 65 heavy (non-hydrogen) atoms. The summed E-state index contributed by atoms with van der Waals surface area (Å²) in [6, 6.07) is 78.4. The molecule has 9 aromatic carbocycles. The van der Waals surface area contributed by atoms with Gasteiger partial charge in [0.15, 0.2) is 0 Å². The summed E-state index contributed by atoms with van der Waals surface area (Å²) in [5, 5.41) is 7.17. The topological polar surface area (TPSA) is 40.6 Å². The summed E-state index contributed by atoms with van der Waals surface area (Å²) >= 11 is 0. The maximum atomic E-state index is 5.76. The van der Waals surface area contributed by atoms with Gasteiger partial charge in [0.1, 0.15) is 0 Å². The minimum absolute atomic E-state index is 0.640. The Balaban J connectivity index is 1.11. The van der Waals surface area contributed by atoms with Gasteiger partial charge in [-0.2, -0.15) is 0 Å². The van der Waals surface area contributed by atoms with Crippen molar-refractivity contribution in [2.24, 2.45) is 0 Å². The van der Waals surface area contributed by atoms with Crippen LogP contribution in [0.2, 0.25) is 0 Å². The maximum absolute atomic E-state index is 5.76. The van der Waals surface area contributed by atoms with Crippen LogP contribution in [0, 0.1) is 0 Å². The van der Waals surface area contributed by atoms with E-state index in [0.717, 1.165) is 78.8 Å². The van der Waals surface area contributed by atoms with Crippen molar-refractivity contribution in [1.82, 2.24) is 23.7 Å². The molecule has 306 valence electrons. The van der Waals surface area contributed by atoms with E-state index in [-0.39, 0.29) is 0 Å². The van der Waals surface area contributed by atoms with Gasteiger partial charge >= 0.3 is 0 Å². The molecule has 0 radical (unpaired) electrons. The van der Waals surface area contributed by atoms with Crippen molar-refractivity contribution in [3.05, 3.63) is 224 Å². The Bertz CT molecular complexity index is 3950. The Hall–Kier alpha value is -8.54. The van der Waals surface area contributed by atoms with Crippen molar-refractivity contribution < 1.29 is 0 Å². The average Bonchev–Trinajstić information content (AvgIpc) is 4.03. The second-order valence-corrected chi connectivity index (χ2v) is 16.8. The third-order valence-electron chi connectivity index (χ3n) is 13.3. The fourth-order valence-electron chi connectivity index (χ4n) is 10.5. The molecule has 0 saturated carbocycles. The number of fused-ring (bicyclic) bond motifs is 10. The normalized spacial score (nSPS) is 11.8. The molecule has 0 aliphatic carbocycles. The lowest BCUT2D eigenvalue weighted by Gasteiger charge is -2.18. The second-order valence-electron chi connectivity index (χ2n) is 16.8.